The fraction of sp³-hybridized carbons (Fsp3) is 0.419. The second kappa shape index (κ2) is 17.9. The average Bonchev–Trinajstić information content (AvgIpc) is 3.84. The van der Waals surface area contributed by atoms with Crippen LogP contribution < -0.4 is 23.8 Å². The van der Waals surface area contributed by atoms with Gasteiger partial charge in [0.15, 0.2) is 29.2 Å². The number of aliphatic hydroxyl groups is 1. The van der Waals surface area contributed by atoms with E-state index in [-0.39, 0.29) is 66.1 Å². The molecule has 326 valence electrons. The summed E-state index contributed by atoms with van der Waals surface area (Å²) in [7, 11) is 5.80. The lowest BCUT2D eigenvalue weighted by atomic mass is 10.1. The molecule has 3 fully saturated rings. The number of aliphatic hydroxyl groups excluding tert-OH is 1. The molecule has 0 bridgehead atoms. The van der Waals surface area contributed by atoms with Crippen LogP contribution in [0.25, 0.3) is 0 Å². The van der Waals surface area contributed by atoms with E-state index in [0.29, 0.717) is 66.6 Å². The molecule has 0 unspecified atom stereocenters. The Balaban J connectivity index is 0.904. The number of methoxy groups -OCH3 is 2. The molecule has 4 aliphatic heterocycles. The number of nitrogens with zero attached hydrogens (tertiary/aromatic N) is 6. The second-order valence-corrected chi connectivity index (χ2v) is 18.4. The zero-order chi connectivity index (χ0) is 43.7. The number of hydrogen-bond donors (Lipinski definition) is 1. The number of carbonyl (C=O) groups excluding carboxylic acids is 3. The Hall–Kier alpha value is -5.79. The van der Waals surface area contributed by atoms with E-state index in [1.165, 1.54) is 65.1 Å². The van der Waals surface area contributed by atoms with Gasteiger partial charge >= 0.3 is 6.09 Å². The Labute approximate surface area is 365 Å². The second-order valence-electron chi connectivity index (χ2n) is 15.8. The van der Waals surface area contributed by atoms with Crippen LogP contribution in [0.15, 0.2) is 76.9 Å². The van der Waals surface area contributed by atoms with Gasteiger partial charge in [-0.05, 0) is 73.9 Å². The predicted molar refractivity (Wildman–Crippen MR) is 232 cm³/mol. The van der Waals surface area contributed by atoms with Crippen molar-refractivity contribution in [2.45, 2.75) is 73.0 Å². The van der Waals surface area contributed by atoms with E-state index in [2.05, 4.69) is 23.1 Å². The van der Waals surface area contributed by atoms with Crippen LogP contribution in [0.1, 0.15) is 65.7 Å². The molecule has 1 aromatic heterocycles. The smallest absolute Gasteiger partial charge is 0.416 e. The largest absolute Gasteiger partial charge is 0.493 e. The molecule has 2 aromatic carbocycles. The highest BCUT2D eigenvalue weighted by molar-refractivity contribution is 8.77. The summed E-state index contributed by atoms with van der Waals surface area (Å²) in [6.45, 7) is 9.47. The number of amides is 3. The molecule has 62 heavy (non-hydrogen) atoms. The minimum absolute atomic E-state index is 0.0239. The number of nitro groups is 1. The number of ether oxygens (including phenoxy) is 5. The number of anilines is 1. The van der Waals surface area contributed by atoms with Gasteiger partial charge in [-0.2, -0.15) is 0 Å². The number of fused-ring (bicyclic) bond motifs is 4. The number of carbonyl (C=O) groups is 3. The van der Waals surface area contributed by atoms with Gasteiger partial charge in [-0.3, -0.25) is 24.7 Å². The summed E-state index contributed by atoms with van der Waals surface area (Å²) >= 11 is 0. The van der Waals surface area contributed by atoms with Crippen molar-refractivity contribution in [1.29, 1.82) is 0 Å². The normalized spacial score (nSPS) is 20.8. The van der Waals surface area contributed by atoms with E-state index in [0.717, 1.165) is 35.3 Å². The maximum atomic E-state index is 14.1. The first kappa shape index (κ1) is 42.9. The van der Waals surface area contributed by atoms with Crippen molar-refractivity contribution in [3.8, 4) is 23.0 Å². The van der Waals surface area contributed by atoms with Gasteiger partial charge < -0.3 is 38.6 Å². The summed E-state index contributed by atoms with van der Waals surface area (Å²) in [5.74, 6) is 0.987. The molecule has 5 aliphatic rings. The molecule has 8 rings (SSSR count). The van der Waals surface area contributed by atoms with Crippen LogP contribution >= 0.6 is 21.6 Å². The molecular weight excluding hydrogens is 841 g/mol. The number of rotatable bonds is 16. The van der Waals surface area contributed by atoms with Crippen molar-refractivity contribution in [3.63, 3.8) is 0 Å². The van der Waals surface area contributed by atoms with Crippen LogP contribution in [-0.4, -0.2) is 119 Å². The monoisotopic (exact) mass is 886 g/mol. The van der Waals surface area contributed by atoms with Gasteiger partial charge in [-0.15, -0.1) is 0 Å². The molecule has 3 amide bonds. The zero-order valence-corrected chi connectivity index (χ0v) is 35.9. The third-order valence-corrected chi connectivity index (χ3v) is 14.6. The minimum atomic E-state index is -1.45. The van der Waals surface area contributed by atoms with Crippen LogP contribution in [0.3, 0.4) is 0 Å². The molecular formula is C43H46N6O11S2. The number of pyridine rings is 1. The van der Waals surface area contributed by atoms with Gasteiger partial charge in [0.25, 0.3) is 17.5 Å². The molecule has 17 nitrogen and oxygen atoms in total. The Kier molecular flexibility index (Phi) is 12.4. The van der Waals surface area contributed by atoms with Gasteiger partial charge in [0, 0.05) is 37.5 Å². The quantitative estimate of drug-likeness (QED) is 0.0501. The highest BCUT2D eigenvalue weighted by Crippen LogP contribution is 2.55. The van der Waals surface area contributed by atoms with Crippen molar-refractivity contribution >= 4 is 62.8 Å². The van der Waals surface area contributed by atoms with Crippen LogP contribution in [0.5, 0.6) is 23.0 Å². The van der Waals surface area contributed by atoms with Crippen molar-refractivity contribution < 1.29 is 48.1 Å². The molecule has 1 aliphatic carbocycles. The van der Waals surface area contributed by atoms with Crippen LogP contribution in [0.4, 0.5) is 21.9 Å². The van der Waals surface area contributed by atoms with E-state index in [1.807, 2.05) is 0 Å². The van der Waals surface area contributed by atoms with Gasteiger partial charge in [0.1, 0.15) is 17.8 Å². The standard InChI is InChI=1S/C43H46N6O11S2/c1-25-14-28-21-44-31-18-36(34(56-3)16-29(31)39(50)46(28)22-25)58-12-6-5-7-13-59-37-19-32-30(17-35(37)57-4)40(51)47-23-26(2)15-33(47)41(52)48(32)42(53)60-24-43(10-11-43)62-61-38-9-8-27(20-45-38)49(54)55/h8-9,16-21,28,33,41,52H,1-2,5-7,10-15,22-24H2,3-4H3/t28-,33-,41-/m0/s1. The molecule has 1 N–H and O–H groups in total. The van der Waals surface area contributed by atoms with Gasteiger partial charge in [0.05, 0.1) is 71.7 Å². The molecule has 1 saturated carbocycles. The summed E-state index contributed by atoms with van der Waals surface area (Å²) in [4.78, 5) is 65.1. The molecule has 0 spiro atoms. The van der Waals surface area contributed by atoms with E-state index in [4.69, 9.17) is 23.7 Å². The van der Waals surface area contributed by atoms with Crippen molar-refractivity contribution in [2.75, 3.05) is 52.0 Å². The first-order chi connectivity index (χ1) is 29.9. The lowest BCUT2D eigenvalue weighted by Gasteiger charge is -2.32. The predicted octanol–water partition coefficient (Wildman–Crippen LogP) is 7.14. The number of benzene rings is 2. The first-order valence-electron chi connectivity index (χ1n) is 20.2. The molecule has 3 aromatic rings. The number of hydrogen-bond acceptors (Lipinski definition) is 15. The maximum absolute atomic E-state index is 14.1. The summed E-state index contributed by atoms with van der Waals surface area (Å²) in [6, 6.07) is 8.56. The van der Waals surface area contributed by atoms with Crippen LogP contribution in [0, 0.1) is 10.1 Å². The highest BCUT2D eigenvalue weighted by atomic mass is 33.1. The van der Waals surface area contributed by atoms with Crippen molar-refractivity contribution in [2.24, 2.45) is 4.99 Å². The third-order valence-electron chi connectivity index (χ3n) is 11.4. The lowest BCUT2D eigenvalue weighted by Crippen LogP contribution is -2.51. The summed E-state index contributed by atoms with van der Waals surface area (Å²) in [5, 5.41) is 23.4. The molecule has 2 saturated heterocycles. The lowest BCUT2D eigenvalue weighted by molar-refractivity contribution is -0.385. The van der Waals surface area contributed by atoms with Crippen LogP contribution in [-0.2, 0) is 4.74 Å². The number of aliphatic imine (C=N–C) groups is 1. The molecule has 3 atom stereocenters. The van der Waals surface area contributed by atoms with Gasteiger partial charge in [-0.1, -0.05) is 35.1 Å². The fourth-order valence-electron chi connectivity index (χ4n) is 7.85. The summed E-state index contributed by atoms with van der Waals surface area (Å²) < 4.78 is 29.0. The highest BCUT2D eigenvalue weighted by Gasteiger charge is 2.49. The minimum Gasteiger partial charge on any atom is -0.493 e. The average molecular weight is 887 g/mol. The van der Waals surface area contributed by atoms with Crippen molar-refractivity contribution in [3.05, 3.63) is 88.1 Å². The van der Waals surface area contributed by atoms with Crippen LogP contribution in [0.2, 0.25) is 0 Å². The Morgan fingerprint density at radius 2 is 1.58 bits per heavy atom. The SMILES string of the molecule is C=C1C[C@H]2C=Nc3cc(OCCCCCOc4cc5c(cc4OC)C(=O)N4CC(=C)C[C@H]4[C@H](O)N5C(=O)OCC4(SSc5ccc([N+](=O)[O-])cn5)CC4)c(OC)cc3C(=O)N2C1. The summed E-state index contributed by atoms with van der Waals surface area (Å²) in [6.07, 6.45) is 5.26. The van der Waals surface area contributed by atoms with Crippen molar-refractivity contribution in [1.82, 2.24) is 14.8 Å². The topological polar surface area (TPSA) is 196 Å². The Bertz CT molecular complexity index is 2340. The van der Waals surface area contributed by atoms with E-state index < -0.39 is 28.0 Å². The molecule has 19 heteroatoms. The van der Waals surface area contributed by atoms with E-state index in [1.54, 1.807) is 29.3 Å². The number of unbranched alkanes of at least 4 members (excludes halogenated alkanes) is 2. The first-order valence-corrected chi connectivity index (χ1v) is 22.3. The Morgan fingerprint density at radius 3 is 2.24 bits per heavy atom. The molecule has 5 heterocycles. The van der Waals surface area contributed by atoms with E-state index in [9.17, 15) is 29.6 Å². The third kappa shape index (κ3) is 8.78. The number of aromatic nitrogens is 1. The maximum Gasteiger partial charge on any atom is 0.416 e. The fourth-order valence-corrected chi connectivity index (χ4v) is 10.4. The zero-order valence-electron chi connectivity index (χ0n) is 34.3. The van der Waals surface area contributed by atoms with E-state index >= 15 is 0 Å². The summed E-state index contributed by atoms with van der Waals surface area (Å²) in [5.41, 5.74) is 2.89. The molecule has 0 radical (unpaired) electrons. The van der Waals surface area contributed by atoms with Gasteiger partial charge in [0.2, 0.25) is 0 Å². The van der Waals surface area contributed by atoms with Gasteiger partial charge in [-0.25, -0.2) is 14.7 Å². The Morgan fingerprint density at radius 1 is 0.919 bits per heavy atom.